The van der Waals surface area contributed by atoms with Crippen LogP contribution in [-0.4, -0.2) is 41.9 Å². The molecule has 0 saturated heterocycles. The zero-order valence-corrected chi connectivity index (χ0v) is 19.5. The van der Waals surface area contributed by atoms with Crippen molar-refractivity contribution < 1.29 is 4.79 Å². The highest BCUT2D eigenvalue weighted by Gasteiger charge is 2.21. The lowest BCUT2D eigenvalue weighted by Gasteiger charge is -2.21. The van der Waals surface area contributed by atoms with Gasteiger partial charge in [-0.3, -0.25) is 9.48 Å². The fraction of sp³-hybridized carbons (Fsp3) is 0.360. The summed E-state index contributed by atoms with van der Waals surface area (Å²) in [5.74, 6) is 0.0202. The maximum absolute atomic E-state index is 13.3. The Hall–Kier alpha value is -3.48. The summed E-state index contributed by atoms with van der Waals surface area (Å²) >= 11 is 0. The van der Waals surface area contributed by atoms with Crippen LogP contribution in [0.25, 0.3) is 22.2 Å². The number of fused-ring (bicyclic) bond motifs is 1. The van der Waals surface area contributed by atoms with Gasteiger partial charge in [-0.15, -0.1) is 0 Å². The quantitative estimate of drug-likeness (QED) is 0.439. The van der Waals surface area contributed by atoms with Crippen molar-refractivity contribution in [2.45, 2.75) is 54.3 Å². The average molecular weight is 431 g/mol. The fourth-order valence-corrected chi connectivity index (χ4v) is 4.32. The van der Waals surface area contributed by atoms with Crippen molar-refractivity contribution in [2.24, 2.45) is 0 Å². The minimum absolute atomic E-state index is 0.0202. The molecule has 7 heteroatoms. The van der Waals surface area contributed by atoms with Gasteiger partial charge in [-0.2, -0.15) is 10.2 Å². The highest BCUT2D eigenvalue weighted by Crippen LogP contribution is 2.29. The van der Waals surface area contributed by atoms with Crippen LogP contribution in [0.1, 0.15) is 36.5 Å². The van der Waals surface area contributed by atoms with E-state index in [9.17, 15) is 4.79 Å². The van der Waals surface area contributed by atoms with E-state index in [0.717, 1.165) is 51.4 Å². The number of amides is 1. The zero-order valence-electron chi connectivity index (χ0n) is 19.5. The third kappa shape index (κ3) is 3.90. The molecule has 32 heavy (non-hydrogen) atoms. The molecule has 1 aromatic carbocycles. The molecule has 0 aliphatic heterocycles. The molecule has 166 valence electrons. The molecule has 0 bridgehead atoms. The first-order valence-electron chi connectivity index (χ1n) is 11.1. The number of aryl methyl sites for hydroxylation is 3. The van der Waals surface area contributed by atoms with E-state index >= 15 is 0 Å². The number of pyridine rings is 1. The maximum Gasteiger partial charge on any atom is 0.244 e. The molecule has 0 spiro atoms. The van der Waals surface area contributed by atoms with Crippen LogP contribution in [0.2, 0.25) is 0 Å². The van der Waals surface area contributed by atoms with Crippen molar-refractivity contribution in [2.75, 3.05) is 6.54 Å². The molecule has 0 radical (unpaired) electrons. The Morgan fingerprint density at radius 3 is 2.34 bits per heavy atom. The topological polar surface area (TPSA) is 68.8 Å². The van der Waals surface area contributed by atoms with Crippen molar-refractivity contribution in [3.05, 3.63) is 65.2 Å². The number of rotatable bonds is 7. The highest BCUT2D eigenvalue weighted by molar-refractivity contribution is 5.95. The minimum atomic E-state index is 0.0202. The number of carbonyl (C=O) groups is 1. The first-order valence-corrected chi connectivity index (χ1v) is 11.1. The Labute approximate surface area is 188 Å². The molecule has 0 aliphatic rings. The van der Waals surface area contributed by atoms with E-state index in [1.165, 1.54) is 0 Å². The third-order valence-electron chi connectivity index (χ3n) is 6.09. The summed E-state index contributed by atoms with van der Waals surface area (Å²) in [6, 6.07) is 12.2. The molecule has 0 unspecified atom stereocenters. The summed E-state index contributed by atoms with van der Waals surface area (Å²) in [4.78, 5) is 19.7. The molecular formula is C25H30N6O. The van der Waals surface area contributed by atoms with Crippen LogP contribution < -0.4 is 0 Å². The monoisotopic (exact) mass is 430 g/mol. The van der Waals surface area contributed by atoms with Gasteiger partial charge in [-0.1, -0.05) is 30.3 Å². The van der Waals surface area contributed by atoms with E-state index in [2.05, 4.69) is 41.2 Å². The third-order valence-corrected chi connectivity index (χ3v) is 6.09. The van der Waals surface area contributed by atoms with Gasteiger partial charge in [0.1, 0.15) is 6.54 Å². The van der Waals surface area contributed by atoms with Gasteiger partial charge in [-0.25, -0.2) is 9.67 Å². The Kier molecular flexibility index (Phi) is 6.08. The van der Waals surface area contributed by atoms with Crippen LogP contribution in [-0.2, 0) is 24.4 Å². The first-order chi connectivity index (χ1) is 15.4. The maximum atomic E-state index is 13.3. The molecule has 0 aliphatic carbocycles. The number of benzene rings is 1. The fourth-order valence-electron chi connectivity index (χ4n) is 4.32. The molecule has 4 aromatic rings. The van der Waals surface area contributed by atoms with Crippen LogP contribution in [0.15, 0.2) is 42.6 Å². The summed E-state index contributed by atoms with van der Waals surface area (Å²) in [6.07, 6.45) is 1.79. The number of aromatic nitrogens is 5. The Bertz CT molecular complexity index is 1250. The molecule has 3 aromatic heterocycles. The molecule has 0 fully saturated rings. The van der Waals surface area contributed by atoms with Crippen molar-refractivity contribution in [1.29, 1.82) is 0 Å². The van der Waals surface area contributed by atoms with E-state index in [4.69, 9.17) is 0 Å². The van der Waals surface area contributed by atoms with Gasteiger partial charge in [0.25, 0.3) is 0 Å². The predicted octanol–water partition coefficient (Wildman–Crippen LogP) is 4.29. The van der Waals surface area contributed by atoms with Crippen molar-refractivity contribution in [3.8, 4) is 11.1 Å². The second kappa shape index (κ2) is 8.94. The molecule has 0 N–H and O–H groups in total. The van der Waals surface area contributed by atoms with Crippen LogP contribution >= 0.6 is 0 Å². The molecule has 4 rings (SSSR count). The normalized spacial score (nSPS) is 11.3. The summed E-state index contributed by atoms with van der Waals surface area (Å²) in [7, 11) is 0. The van der Waals surface area contributed by atoms with Gasteiger partial charge < -0.3 is 4.90 Å². The summed E-state index contributed by atoms with van der Waals surface area (Å²) in [5.41, 5.74) is 7.02. The number of likely N-dealkylation sites (N-methyl/N-ethyl adjacent to an activating group) is 1. The second-order valence-corrected chi connectivity index (χ2v) is 8.04. The lowest BCUT2D eigenvalue weighted by Crippen LogP contribution is -2.34. The Morgan fingerprint density at radius 2 is 1.69 bits per heavy atom. The van der Waals surface area contributed by atoms with Crippen molar-refractivity contribution in [1.82, 2.24) is 29.4 Å². The molecule has 3 heterocycles. The van der Waals surface area contributed by atoms with Crippen LogP contribution in [0, 0.1) is 20.8 Å². The average Bonchev–Trinajstić information content (AvgIpc) is 3.27. The van der Waals surface area contributed by atoms with Gasteiger partial charge in [-0.05, 0) is 51.8 Å². The smallest absolute Gasteiger partial charge is 0.244 e. The lowest BCUT2D eigenvalue weighted by molar-refractivity contribution is -0.132. The molecule has 7 nitrogen and oxygen atoms in total. The van der Waals surface area contributed by atoms with Crippen molar-refractivity contribution >= 4 is 16.9 Å². The number of hydrogen-bond acceptors (Lipinski definition) is 4. The van der Waals surface area contributed by atoms with Crippen LogP contribution in [0.5, 0.6) is 0 Å². The highest BCUT2D eigenvalue weighted by atomic mass is 16.2. The Morgan fingerprint density at radius 1 is 0.969 bits per heavy atom. The van der Waals surface area contributed by atoms with Gasteiger partial charge in [0.15, 0.2) is 5.65 Å². The van der Waals surface area contributed by atoms with Crippen LogP contribution in [0.3, 0.4) is 0 Å². The predicted molar refractivity (Wildman–Crippen MR) is 126 cm³/mol. The number of hydrogen-bond donors (Lipinski definition) is 0. The van der Waals surface area contributed by atoms with Gasteiger partial charge in [0.05, 0.1) is 11.4 Å². The van der Waals surface area contributed by atoms with Crippen LogP contribution in [0.4, 0.5) is 0 Å². The van der Waals surface area contributed by atoms with Gasteiger partial charge in [0.2, 0.25) is 5.91 Å². The van der Waals surface area contributed by atoms with E-state index in [0.29, 0.717) is 13.1 Å². The molecule has 0 atom stereocenters. The molecule has 1 amide bonds. The first kappa shape index (κ1) is 21.7. The Balaban J connectivity index is 1.63. The molecular weight excluding hydrogens is 400 g/mol. The van der Waals surface area contributed by atoms with E-state index in [1.54, 1.807) is 10.9 Å². The van der Waals surface area contributed by atoms with E-state index < -0.39 is 0 Å². The SMILES string of the molecule is CCN(Cc1c(C)nn(CC)c1C)C(=O)Cn1nc(C)c2c(-c3ccccc3)ccnc21. The van der Waals surface area contributed by atoms with Crippen molar-refractivity contribution in [3.63, 3.8) is 0 Å². The summed E-state index contributed by atoms with van der Waals surface area (Å²) in [5, 5.41) is 10.3. The molecule has 0 saturated carbocycles. The zero-order chi connectivity index (χ0) is 22.8. The lowest BCUT2D eigenvalue weighted by atomic mass is 10.0. The number of carbonyl (C=O) groups excluding carboxylic acids is 1. The van der Waals surface area contributed by atoms with Gasteiger partial charge in [0, 0.05) is 42.5 Å². The largest absolute Gasteiger partial charge is 0.337 e. The second-order valence-electron chi connectivity index (χ2n) is 8.04. The van der Waals surface area contributed by atoms with E-state index in [-0.39, 0.29) is 12.5 Å². The minimum Gasteiger partial charge on any atom is -0.337 e. The number of nitrogens with zero attached hydrogens (tertiary/aromatic N) is 6. The summed E-state index contributed by atoms with van der Waals surface area (Å²) in [6.45, 7) is 12.3. The van der Waals surface area contributed by atoms with E-state index in [1.807, 2.05) is 54.6 Å². The standard InChI is InChI=1S/C25H30N6O/c1-6-29(15-22-17(3)27-30(7-2)19(22)5)23(32)16-31-25-24(18(4)28-31)21(13-14-26-25)20-11-9-8-10-12-20/h8-14H,6-7,15-16H2,1-5H3. The van der Waals surface area contributed by atoms with Gasteiger partial charge >= 0.3 is 0 Å². The summed E-state index contributed by atoms with van der Waals surface area (Å²) < 4.78 is 3.72.